The lowest BCUT2D eigenvalue weighted by atomic mass is 9.72. The molecule has 3 aliphatic rings. The Morgan fingerprint density at radius 2 is 1.91 bits per heavy atom. The summed E-state index contributed by atoms with van der Waals surface area (Å²) in [6, 6.07) is 7.02. The number of anilines is 1. The number of aromatic nitrogens is 4. The largest absolute Gasteiger partial charge is 0.491 e. The molecule has 3 aliphatic heterocycles. The molecule has 3 fully saturated rings. The third kappa shape index (κ3) is 5.18. The van der Waals surface area contributed by atoms with Crippen LogP contribution >= 0.6 is 0 Å². The number of ether oxygens (including phenoxy) is 2. The number of rotatable bonds is 9. The first-order chi connectivity index (χ1) is 22.3. The zero-order valence-corrected chi connectivity index (χ0v) is 27.1. The third-order valence-electron chi connectivity index (χ3n) is 10.3. The van der Waals surface area contributed by atoms with Crippen molar-refractivity contribution in [1.82, 2.24) is 30.0 Å². The number of likely N-dealkylation sites (tertiary alicyclic amines) is 2. The van der Waals surface area contributed by atoms with E-state index in [-0.39, 0.29) is 11.3 Å². The molecule has 1 spiro atoms. The standard InChI is InChI=1S/C36H43N7O3/c1-6-24-18-26-32(33(45-8-3)31(24)30-23(4)11-12-28-27(30)19-37-40-28)38-35(46-20-25-10-9-15-41(25)5)39-34(26)42-16-13-36(14-17-42)21-43(22-36)29(44)7-2/h6-7,11-12,18-19,25H,1-2,8-10,13-17,20-22H2,3-5H3,(H,37,40)/t25-/m0/s1. The highest BCUT2D eigenvalue weighted by Crippen LogP contribution is 2.47. The normalized spacial score (nSPS) is 19.5. The molecule has 10 heteroatoms. The van der Waals surface area contributed by atoms with Crippen molar-refractivity contribution in [2.24, 2.45) is 5.41 Å². The van der Waals surface area contributed by atoms with E-state index in [1.165, 1.54) is 12.5 Å². The molecule has 1 amide bonds. The fraction of sp³-hybridized carbons (Fsp3) is 0.444. The average Bonchev–Trinajstić information content (AvgIpc) is 3.71. The predicted molar refractivity (Wildman–Crippen MR) is 182 cm³/mol. The number of nitrogens with one attached hydrogen (secondary N) is 1. The summed E-state index contributed by atoms with van der Waals surface area (Å²) < 4.78 is 12.9. The molecule has 10 nitrogen and oxygen atoms in total. The van der Waals surface area contributed by atoms with Gasteiger partial charge in [-0.1, -0.05) is 25.3 Å². The van der Waals surface area contributed by atoms with E-state index in [1.807, 2.05) is 24.1 Å². The van der Waals surface area contributed by atoms with Crippen LogP contribution in [0.5, 0.6) is 11.8 Å². The number of benzene rings is 2. The number of nitrogens with zero attached hydrogens (tertiary/aromatic N) is 6. The van der Waals surface area contributed by atoms with E-state index in [2.05, 4.69) is 65.3 Å². The highest BCUT2D eigenvalue weighted by molar-refractivity contribution is 6.07. The SMILES string of the molecule is C=CC(=O)N1CC2(CCN(c3nc(OC[C@@H]4CCCN4C)nc4c(OCC)c(-c5c(C)ccc6[nH]ncc56)c(C=C)cc34)CC2)C1. The van der Waals surface area contributed by atoms with Crippen molar-refractivity contribution in [3.05, 3.63) is 54.8 Å². The molecule has 46 heavy (non-hydrogen) atoms. The summed E-state index contributed by atoms with van der Waals surface area (Å²) in [4.78, 5) is 28.9. The Kier molecular flexibility index (Phi) is 7.92. The van der Waals surface area contributed by atoms with Gasteiger partial charge < -0.3 is 24.2 Å². The van der Waals surface area contributed by atoms with Gasteiger partial charge >= 0.3 is 6.01 Å². The van der Waals surface area contributed by atoms with Gasteiger partial charge in [0.15, 0.2) is 5.75 Å². The monoisotopic (exact) mass is 621 g/mol. The molecule has 3 saturated heterocycles. The first-order valence-electron chi connectivity index (χ1n) is 16.4. The molecule has 2 aromatic carbocycles. The summed E-state index contributed by atoms with van der Waals surface area (Å²) in [6.07, 6.45) is 9.41. The van der Waals surface area contributed by atoms with Gasteiger partial charge in [-0.25, -0.2) is 0 Å². The van der Waals surface area contributed by atoms with Gasteiger partial charge in [0.25, 0.3) is 0 Å². The molecule has 0 unspecified atom stereocenters. The number of fused-ring (bicyclic) bond motifs is 2. The van der Waals surface area contributed by atoms with E-state index in [4.69, 9.17) is 19.4 Å². The average molecular weight is 622 g/mol. The van der Waals surface area contributed by atoms with Crippen LogP contribution in [0.2, 0.25) is 0 Å². The number of hydrogen-bond donors (Lipinski definition) is 1. The molecule has 0 saturated carbocycles. The van der Waals surface area contributed by atoms with Gasteiger partial charge in [0.1, 0.15) is 17.9 Å². The van der Waals surface area contributed by atoms with Gasteiger partial charge in [-0.3, -0.25) is 9.89 Å². The predicted octanol–water partition coefficient (Wildman–Crippen LogP) is 5.61. The van der Waals surface area contributed by atoms with Gasteiger partial charge in [-0.2, -0.15) is 15.1 Å². The number of carbonyl (C=O) groups is 1. The Hall–Kier alpha value is -4.44. The summed E-state index contributed by atoms with van der Waals surface area (Å²) in [6.45, 7) is 17.3. The molecule has 0 aliphatic carbocycles. The van der Waals surface area contributed by atoms with Gasteiger partial charge in [-0.15, -0.1) is 0 Å². The van der Waals surface area contributed by atoms with Crippen molar-refractivity contribution < 1.29 is 14.3 Å². The molecule has 4 aromatic rings. The van der Waals surface area contributed by atoms with Crippen molar-refractivity contribution in [3.63, 3.8) is 0 Å². The number of hydrogen-bond acceptors (Lipinski definition) is 8. The van der Waals surface area contributed by atoms with E-state index >= 15 is 0 Å². The number of amides is 1. The number of carbonyl (C=O) groups excluding carboxylic acids is 1. The number of H-pyrrole nitrogens is 1. The van der Waals surface area contributed by atoms with E-state index in [1.54, 1.807) is 0 Å². The molecule has 0 bridgehead atoms. The molecule has 1 N–H and O–H groups in total. The van der Waals surface area contributed by atoms with Crippen LogP contribution in [0.4, 0.5) is 5.82 Å². The minimum absolute atomic E-state index is 0.0158. The molecule has 0 radical (unpaired) electrons. The highest BCUT2D eigenvalue weighted by atomic mass is 16.5. The van der Waals surface area contributed by atoms with Crippen molar-refractivity contribution >= 4 is 39.6 Å². The first-order valence-corrected chi connectivity index (χ1v) is 16.4. The molecule has 2 aromatic heterocycles. The van der Waals surface area contributed by atoms with E-state index in [0.717, 1.165) is 102 Å². The van der Waals surface area contributed by atoms with Crippen LogP contribution in [0.25, 0.3) is 39.0 Å². The Balaban J connectivity index is 1.34. The topological polar surface area (TPSA) is 99.7 Å². The fourth-order valence-electron chi connectivity index (χ4n) is 7.61. The summed E-state index contributed by atoms with van der Waals surface area (Å²) in [5.41, 5.74) is 5.89. The highest BCUT2D eigenvalue weighted by Gasteiger charge is 2.46. The van der Waals surface area contributed by atoms with E-state index in [9.17, 15) is 4.79 Å². The van der Waals surface area contributed by atoms with Gasteiger partial charge in [0, 0.05) is 54.0 Å². The maximum Gasteiger partial charge on any atom is 0.319 e. The van der Waals surface area contributed by atoms with Crippen LogP contribution in [0.15, 0.2) is 43.6 Å². The quantitative estimate of drug-likeness (QED) is 0.241. The molecule has 7 rings (SSSR count). The molecular formula is C36H43N7O3. The van der Waals surface area contributed by atoms with Crippen LogP contribution < -0.4 is 14.4 Å². The number of aryl methyl sites for hydroxylation is 1. The van der Waals surface area contributed by atoms with Crippen LogP contribution in [0.1, 0.15) is 43.7 Å². The molecule has 1 atom stereocenters. The Bertz CT molecular complexity index is 1820. The third-order valence-corrected chi connectivity index (χ3v) is 10.3. The van der Waals surface area contributed by atoms with Crippen LogP contribution in [-0.2, 0) is 4.79 Å². The van der Waals surface area contributed by atoms with Crippen molar-refractivity contribution in [2.75, 3.05) is 57.9 Å². The van der Waals surface area contributed by atoms with Gasteiger partial charge in [0.05, 0.1) is 18.3 Å². The zero-order valence-electron chi connectivity index (χ0n) is 27.1. The Labute approximate surface area is 270 Å². The lowest BCUT2D eigenvalue weighted by Crippen LogP contribution is -2.61. The lowest BCUT2D eigenvalue weighted by Gasteiger charge is -2.54. The van der Waals surface area contributed by atoms with Gasteiger partial charge in [0.2, 0.25) is 5.91 Å². The minimum Gasteiger partial charge on any atom is -0.491 e. The van der Waals surface area contributed by atoms with Gasteiger partial charge in [-0.05, 0) is 88.0 Å². The number of piperidine rings is 1. The summed E-state index contributed by atoms with van der Waals surface area (Å²) in [5, 5.41) is 9.40. The molecule has 240 valence electrons. The van der Waals surface area contributed by atoms with E-state index in [0.29, 0.717) is 31.0 Å². The van der Waals surface area contributed by atoms with Crippen LogP contribution in [0, 0.1) is 12.3 Å². The zero-order chi connectivity index (χ0) is 32.0. The second-order valence-electron chi connectivity index (χ2n) is 13.1. The summed E-state index contributed by atoms with van der Waals surface area (Å²) in [5.74, 6) is 1.56. The van der Waals surface area contributed by atoms with Crippen molar-refractivity contribution in [1.29, 1.82) is 0 Å². The summed E-state index contributed by atoms with van der Waals surface area (Å²) >= 11 is 0. The summed E-state index contributed by atoms with van der Waals surface area (Å²) in [7, 11) is 2.15. The van der Waals surface area contributed by atoms with Crippen molar-refractivity contribution in [2.45, 2.75) is 45.6 Å². The Morgan fingerprint density at radius 3 is 2.61 bits per heavy atom. The second-order valence-corrected chi connectivity index (χ2v) is 13.1. The molecular weight excluding hydrogens is 578 g/mol. The van der Waals surface area contributed by atoms with Crippen LogP contribution in [0.3, 0.4) is 0 Å². The first kappa shape index (κ1) is 30.2. The number of likely N-dealkylation sites (N-methyl/N-ethyl adjacent to an activating group) is 1. The number of aromatic amines is 1. The minimum atomic E-state index is 0.0158. The second kappa shape index (κ2) is 12.1. The van der Waals surface area contributed by atoms with E-state index < -0.39 is 0 Å². The maximum absolute atomic E-state index is 12.2. The molecule has 5 heterocycles. The fourth-order valence-corrected chi connectivity index (χ4v) is 7.61. The van der Waals surface area contributed by atoms with Crippen LogP contribution in [-0.4, -0.2) is 94.9 Å². The smallest absolute Gasteiger partial charge is 0.319 e. The van der Waals surface area contributed by atoms with Crippen molar-refractivity contribution in [3.8, 4) is 22.9 Å². The maximum atomic E-state index is 12.2. The lowest BCUT2D eigenvalue weighted by molar-refractivity contribution is -0.139. The Morgan fingerprint density at radius 1 is 1.11 bits per heavy atom.